The van der Waals surface area contributed by atoms with Crippen LogP contribution in [0.2, 0.25) is 0 Å². The molecule has 1 aromatic heterocycles. The van der Waals surface area contributed by atoms with Gasteiger partial charge >= 0.3 is 5.97 Å². The summed E-state index contributed by atoms with van der Waals surface area (Å²) >= 11 is 1.51. The van der Waals surface area contributed by atoms with E-state index in [2.05, 4.69) is 6.92 Å². The molecule has 1 aromatic rings. The molecule has 1 saturated heterocycles. The minimum absolute atomic E-state index is 0.0481. The first-order valence-corrected chi connectivity index (χ1v) is 8.26. The molecule has 0 aliphatic carbocycles. The predicted molar refractivity (Wildman–Crippen MR) is 83.6 cm³/mol. The molecule has 116 valence electrons. The summed E-state index contributed by atoms with van der Waals surface area (Å²) in [7, 11) is 0. The van der Waals surface area contributed by atoms with E-state index in [0.717, 1.165) is 12.8 Å². The molecule has 0 saturated carbocycles. The van der Waals surface area contributed by atoms with Gasteiger partial charge in [-0.25, -0.2) is 4.79 Å². The zero-order valence-electron chi connectivity index (χ0n) is 13.1. The van der Waals surface area contributed by atoms with Crippen molar-refractivity contribution in [2.75, 3.05) is 6.54 Å². The Bertz CT molecular complexity index is 530. The first kappa shape index (κ1) is 16.0. The van der Waals surface area contributed by atoms with Gasteiger partial charge in [-0.15, -0.1) is 11.3 Å². The van der Waals surface area contributed by atoms with E-state index in [4.69, 9.17) is 4.74 Å². The Morgan fingerprint density at radius 2 is 2.10 bits per heavy atom. The highest BCUT2D eigenvalue weighted by Gasteiger charge is 2.37. The smallest absolute Gasteiger partial charge is 0.329 e. The lowest BCUT2D eigenvalue weighted by molar-refractivity contribution is -0.159. The highest BCUT2D eigenvalue weighted by molar-refractivity contribution is 7.14. The molecule has 0 spiro atoms. The third-order valence-corrected chi connectivity index (χ3v) is 4.63. The van der Waals surface area contributed by atoms with Gasteiger partial charge in [-0.1, -0.05) is 6.92 Å². The number of aryl methyl sites for hydroxylation is 1. The summed E-state index contributed by atoms with van der Waals surface area (Å²) < 4.78 is 5.43. The lowest BCUT2D eigenvalue weighted by atomic mass is 10.1. The fourth-order valence-electron chi connectivity index (χ4n) is 2.45. The fourth-order valence-corrected chi connectivity index (χ4v) is 3.35. The van der Waals surface area contributed by atoms with Crippen molar-refractivity contribution in [3.8, 4) is 0 Å². The van der Waals surface area contributed by atoms with Gasteiger partial charge in [-0.3, -0.25) is 4.79 Å². The molecular formula is C16H23NO3S. The lowest BCUT2D eigenvalue weighted by Gasteiger charge is -2.27. The van der Waals surface area contributed by atoms with Crippen LogP contribution in [-0.2, 0) is 16.0 Å². The van der Waals surface area contributed by atoms with Crippen LogP contribution in [0.25, 0.3) is 0 Å². The maximum atomic E-state index is 12.6. The molecule has 0 N–H and O–H groups in total. The van der Waals surface area contributed by atoms with Crippen LogP contribution in [0.15, 0.2) is 12.1 Å². The Hall–Kier alpha value is -1.36. The van der Waals surface area contributed by atoms with E-state index in [1.54, 1.807) is 4.90 Å². The van der Waals surface area contributed by atoms with Crippen LogP contribution >= 0.6 is 11.3 Å². The molecule has 0 radical (unpaired) electrons. The number of nitrogens with zero attached hydrogens (tertiary/aromatic N) is 1. The summed E-state index contributed by atoms with van der Waals surface area (Å²) in [5.74, 6) is -0.339. The topological polar surface area (TPSA) is 46.6 Å². The van der Waals surface area contributed by atoms with Crippen LogP contribution in [0, 0.1) is 0 Å². The third-order valence-electron chi connectivity index (χ3n) is 3.41. The van der Waals surface area contributed by atoms with Crippen molar-refractivity contribution in [2.45, 2.75) is 58.6 Å². The molecule has 2 heterocycles. The van der Waals surface area contributed by atoms with Gasteiger partial charge in [0.25, 0.3) is 5.91 Å². The zero-order chi connectivity index (χ0) is 15.6. The second-order valence-corrected chi connectivity index (χ2v) is 7.48. The molecule has 1 aliphatic heterocycles. The summed E-state index contributed by atoms with van der Waals surface area (Å²) in [6, 6.07) is 3.40. The van der Waals surface area contributed by atoms with Crippen LogP contribution in [-0.4, -0.2) is 35.0 Å². The molecule has 0 bridgehead atoms. The van der Waals surface area contributed by atoms with Gasteiger partial charge in [-0.2, -0.15) is 0 Å². The van der Waals surface area contributed by atoms with Crippen molar-refractivity contribution in [3.63, 3.8) is 0 Å². The molecule has 1 amide bonds. The van der Waals surface area contributed by atoms with E-state index in [-0.39, 0.29) is 11.9 Å². The fraction of sp³-hybridized carbons (Fsp3) is 0.625. The van der Waals surface area contributed by atoms with Crippen molar-refractivity contribution in [3.05, 3.63) is 21.9 Å². The zero-order valence-corrected chi connectivity index (χ0v) is 14.0. The molecule has 2 rings (SSSR count). The van der Waals surface area contributed by atoms with Crippen molar-refractivity contribution in [2.24, 2.45) is 0 Å². The van der Waals surface area contributed by atoms with Crippen molar-refractivity contribution in [1.82, 2.24) is 4.90 Å². The largest absolute Gasteiger partial charge is 0.458 e. The Balaban J connectivity index is 2.11. The summed E-state index contributed by atoms with van der Waals surface area (Å²) in [6.07, 6.45) is 2.46. The Kier molecular flexibility index (Phi) is 4.71. The van der Waals surface area contributed by atoms with E-state index in [1.165, 1.54) is 16.2 Å². The highest BCUT2D eigenvalue weighted by Crippen LogP contribution is 2.26. The van der Waals surface area contributed by atoms with E-state index >= 15 is 0 Å². The molecule has 1 aliphatic rings. The average Bonchev–Trinajstić information content (AvgIpc) is 3.05. The monoisotopic (exact) mass is 309 g/mol. The first-order valence-electron chi connectivity index (χ1n) is 7.44. The number of esters is 1. The number of amides is 1. The third kappa shape index (κ3) is 3.84. The summed E-state index contributed by atoms with van der Waals surface area (Å²) in [5.41, 5.74) is -0.521. The van der Waals surface area contributed by atoms with E-state index in [9.17, 15) is 9.59 Å². The molecule has 1 atom stereocenters. The second kappa shape index (κ2) is 6.18. The minimum Gasteiger partial charge on any atom is -0.458 e. The van der Waals surface area contributed by atoms with Crippen molar-refractivity contribution in [1.29, 1.82) is 0 Å². The van der Waals surface area contributed by atoms with Gasteiger partial charge in [0.15, 0.2) is 0 Å². The van der Waals surface area contributed by atoms with Gasteiger partial charge in [0.05, 0.1) is 4.88 Å². The van der Waals surface area contributed by atoms with Gasteiger partial charge in [0, 0.05) is 11.4 Å². The normalized spacial score (nSPS) is 18.9. The lowest BCUT2D eigenvalue weighted by Crippen LogP contribution is -2.43. The molecule has 0 aromatic carbocycles. The van der Waals surface area contributed by atoms with E-state index in [1.807, 2.05) is 32.9 Å². The van der Waals surface area contributed by atoms with E-state index < -0.39 is 11.6 Å². The SMILES string of the molecule is CCc1ccc(C(=O)N2CCC[C@@H]2C(=O)OC(C)(C)C)s1. The Labute approximate surface area is 130 Å². The van der Waals surface area contributed by atoms with Crippen LogP contribution in [0.3, 0.4) is 0 Å². The van der Waals surface area contributed by atoms with Gasteiger partial charge < -0.3 is 9.64 Å². The first-order chi connectivity index (χ1) is 9.81. The number of hydrogen-bond donors (Lipinski definition) is 0. The summed E-state index contributed by atoms with van der Waals surface area (Å²) in [4.78, 5) is 28.4. The molecule has 0 unspecified atom stereocenters. The number of hydrogen-bond acceptors (Lipinski definition) is 4. The number of likely N-dealkylation sites (tertiary alicyclic amines) is 1. The number of rotatable bonds is 3. The summed E-state index contributed by atoms with van der Waals surface area (Å²) in [6.45, 7) is 8.23. The minimum atomic E-state index is -0.521. The number of thiophene rings is 1. The molecular weight excluding hydrogens is 286 g/mol. The number of carbonyl (C=O) groups is 2. The summed E-state index contributed by atoms with van der Waals surface area (Å²) in [5, 5.41) is 0. The van der Waals surface area contributed by atoms with Gasteiger partial charge in [0.2, 0.25) is 0 Å². The quantitative estimate of drug-likeness (QED) is 0.805. The average molecular weight is 309 g/mol. The highest BCUT2D eigenvalue weighted by atomic mass is 32.1. The molecule has 5 heteroatoms. The predicted octanol–water partition coefficient (Wildman–Crippen LogP) is 3.26. The van der Waals surface area contributed by atoms with Crippen LogP contribution < -0.4 is 0 Å². The van der Waals surface area contributed by atoms with Gasteiger partial charge in [0.1, 0.15) is 11.6 Å². The van der Waals surface area contributed by atoms with Crippen molar-refractivity contribution < 1.29 is 14.3 Å². The van der Waals surface area contributed by atoms with Gasteiger partial charge in [-0.05, 0) is 52.2 Å². The molecule has 21 heavy (non-hydrogen) atoms. The standard InChI is InChI=1S/C16H23NO3S/c1-5-11-8-9-13(21-11)14(18)17-10-6-7-12(17)15(19)20-16(2,3)4/h8-9,12H,5-7,10H2,1-4H3/t12-/m1/s1. The maximum Gasteiger partial charge on any atom is 0.329 e. The number of ether oxygens (including phenoxy) is 1. The second-order valence-electron chi connectivity index (χ2n) is 6.31. The van der Waals surface area contributed by atoms with Crippen LogP contribution in [0.5, 0.6) is 0 Å². The van der Waals surface area contributed by atoms with Crippen LogP contribution in [0.1, 0.15) is 55.1 Å². The number of carbonyl (C=O) groups excluding carboxylic acids is 2. The molecule has 4 nitrogen and oxygen atoms in total. The molecule has 1 fully saturated rings. The Morgan fingerprint density at radius 3 is 2.67 bits per heavy atom. The van der Waals surface area contributed by atoms with Crippen LogP contribution in [0.4, 0.5) is 0 Å². The van der Waals surface area contributed by atoms with E-state index in [0.29, 0.717) is 17.8 Å². The van der Waals surface area contributed by atoms with Crippen molar-refractivity contribution >= 4 is 23.2 Å². The Morgan fingerprint density at radius 1 is 1.38 bits per heavy atom. The maximum absolute atomic E-state index is 12.6.